The van der Waals surface area contributed by atoms with Crippen LogP contribution in [0.1, 0.15) is 79.1 Å². The summed E-state index contributed by atoms with van der Waals surface area (Å²) in [7, 11) is 0. The molecule has 0 rings (SSSR count). The van der Waals surface area contributed by atoms with Crippen molar-refractivity contribution >= 4 is 11.8 Å². The minimum absolute atomic E-state index is 0.451. The van der Waals surface area contributed by atoms with Crippen molar-refractivity contribution in [2.45, 2.75) is 90.4 Å². The van der Waals surface area contributed by atoms with Crippen LogP contribution in [0.15, 0.2) is 0 Å². The summed E-state index contributed by atoms with van der Waals surface area (Å²) in [4.78, 5) is 0. The zero-order valence-corrected chi connectivity index (χ0v) is 13.9. The minimum Gasteiger partial charge on any atom is -0.378 e. The molecule has 0 radical (unpaired) electrons. The van der Waals surface area contributed by atoms with E-state index in [-0.39, 0.29) is 0 Å². The fourth-order valence-electron chi connectivity index (χ4n) is 2.03. The molecule has 0 aromatic carbocycles. The second kappa shape index (κ2) is 13.7. The van der Waals surface area contributed by atoms with E-state index in [0.29, 0.717) is 6.10 Å². The van der Waals surface area contributed by atoms with Crippen LogP contribution >= 0.6 is 11.8 Å². The molecule has 0 saturated carbocycles. The number of ether oxygens (including phenoxy) is 1. The van der Waals surface area contributed by atoms with E-state index in [1.807, 2.05) is 0 Å². The molecule has 1 nitrogen and oxygen atoms in total. The van der Waals surface area contributed by atoms with E-state index >= 15 is 0 Å². The lowest BCUT2D eigenvalue weighted by Gasteiger charge is -2.14. The first-order chi connectivity index (χ1) is 8.70. The number of hydrogen-bond donors (Lipinski definition) is 0. The Hall–Kier alpha value is 0.310. The molecule has 0 saturated heterocycles. The summed E-state index contributed by atoms with van der Waals surface area (Å²) in [5.74, 6) is 1.16. The van der Waals surface area contributed by atoms with Crippen LogP contribution in [0.4, 0.5) is 0 Å². The molecule has 2 heteroatoms. The van der Waals surface area contributed by atoms with Crippen LogP contribution in [0.3, 0.4) is 0 Å². The van der Waals surface area contributed by atoms with Crippen molar-refractivity contribution in [1.29, 1.82) is 0 Å². The van der Waals surface area contributed by atoms with Crippen LogP contribution in [0.2, 0.25) is 0 Å². The fourth-order valence-corrected chi connectivity index (χ4v) is 2.96. The molecule has 0 heterocycles. The van der Waals surface area contributed by atoms with E-state index in [9.17, 15) is 0 Å². The molecule has 0 amide bonds. The third-order valence-electron chi connectivity index (χ3n) is 3.32. The Bertz CT molecular complexity index is 143. The summed E-state index contributed by atoms with van der Waals surface area (Å²) in [6.45, 7) is 10.0. The maximum atomic E-state index is 5.84. The highest BCUT2D eigenvalue weighted by atomic mass is 32.2. The molecule has 0 aromatic rings. The first kappa shape index (κ1) is 18.3. The minimum atomic E-state index is 0.451. The monoisotopic (exact) mass is 274 g/mol. The Morgan fingerprint density at radius 2 is 1.50 bits per heavy atom. The normalized spacial score (nSPS) is 14.7. The first-order valence-corrected chi connectivity index (χ1v) is 8.98. The summed E-state index contributed by atoms with van der Waals surface area (Å²) in [6.07, 6.45) is 11.1. The van der Waals surface area contributed by atoms with E-state index in [4.69, 9.17) is 4.74 Å². The van der Waals surface area contributed by atoms with Crippen molar-refractivity contribution in [3.63, 3.8) is 0 Å². The molecular weight excluding hydrogens is 240 g/mol. The molecule has 2 atom stereocenters. The molecule has 2 unspecified atom stereocenters. The maximum absolute atomic E-state index is 5.84. The lowest BCUT2D eigenvalue weighted by atomic mass is 10.1. The van der Waals surface area contributed by atoms with Crippen molar-refractivity contribution in [1.82, 2.24) is 0 Å². The van der Waals surface area contributed by atoms with Gasteiger partial charge in [-0.1, -0.05) is 59.3 Å². The van der Waals surface area contributed by atoms with Gasteiger partial charge in [0, 0.05) is 11.0 Å². The van der Waals surface area contributed by atoms with Gasteiger partial charge in [-0.05, 0) is 19.8 Å². The third-order valence-corrected chi connectivity index (χ3v) is 4.52. The smallest absolute Gasteiger partial charge is 0.0560 e. The SMILES string of the molecule is CCCCCC(C)OCCSC(C)CCCCC. The standard InChI is InChI=1S/C16H34OS/c1-5-7-9-11-15(3)17-13-14-18-16(4)12-10-8-6-2/h15-16H,5-14H2,1-4H3. The summed E-state index contributed by atoms with van der Waals surface area (Å²) < 4.78 is 5.84. The van der Waals surface area contributed by atoms with E-state index in [1.54, 1.807) is 0 Å². The second-order valence-corrected chi connectivity index (χ2v) is 6.90. The van der Waals surface area contributed by atoms with Gasteiger partial charge in [0.05, 0.1) is 12.7 Å². The van der Waals surface area contributed by atoms with Gasteiger partial charge in [-0.15, -0.1) is 0 Å². The molecule has 18 heavy (non-hydrogen) atoms. The zero-order valence-electron chi connectivity index (χ0n) is 13.0. The van der Waals surface area contributed by atoms with E-state index in [2.05, 4.69) is 39.5 Å². The maximum Gasteiger partial charge on any atom is 0.0560 e. The lowest BCUT2D eigenvalue weighted by Crippen LogP contribution is -2.11. The van der Waals surface area contributed by atoms with Crippen LogP contribution in [-0.4, -0.2) is 23.7 Å². The molecule has 0 fully saturated rings. The van der Waals surface area contributed by atoms with Gasteiger partial charge in [-0.25, -0.2) is 0 Å². The average molecular weight is 275 g/mol. The Kier molecular flexibility index (Phi) is 14.0. The molecule has 0 aliphatic rings. The fraction of sp³-hybridized carbons (Fsp3) is 1.00. The van der Waals surface area contributed by atoms with E-state index in [1.165, 1.54) is 51.4 Å². The van der Waals surface area contributed by atoms with Gasteiger partial charge in [0.25, 0.3) is 0 Å². The van der Waals surface area contributed by atoms with Crippen molar-refractivity contribution in [2.75, 3.05) is 12.4 Å². The highest BCUT2D eigenvalue weighted by molar-refractivity contribution is 7.99. The Morgan fingerprint density at radius 1 is 0.889 bits per heavy atom. The number of hydrogen-bond acceptors (Lipinski definition) is 2. The van der Waals surface area contributed by atoms with Crippen LogP contribution in [0.25, 0.3) is 0 Å². The van der Waals surface area contributed by atoms with Crippen LogP contribution in [0.5, 0.6) is 0 Å². The third kappa shape index (κ3) is 12.8. The molecule has 110 valence electrons. The van der Waals surface area contributed by atoms with E-state index < -0.39 is 0 Å². The molecule has 0 aliphatic carbocycles. The van der Waals surface area contributed by atoms with Crippen molar-refractivity contribution < 1.29 is 4.74 Å². The van der Waals surface area contributed by atoms with Gasteiger partial charge in [-0.2, -0.15) is 11.8 Å². The Morgan fingerprint density at radius 3 is 2.11 bits per heavy atom. The Balaban J connectivity index is 3.27. The van der Waals surface area contributed by atoms with Gasteiger partial charge < -0.3 is 4.74 Å². The van der Waals surface area contributed by atoms with Gasteiger partial charge in [0.2, 0.25) is 0 Å². The quantitative estimate of drug-likeness (QED) is 0.400. The van der Waals surface area contributed by atoms with Crippen LogP contribution < -0.4 is 0 Å². The van der Waals surface area contributed by atoms with Gasteiger partial charge in [0.15, 0.2) is 0 Å². The number of unbranched alkanes of at least 4 members (excludes halogenated alkanes) is 4. The van der Waals surface area contributed by atoms with E-state index in [0.717, 1.165) is 17.6 Å². The second-order valence-electron chi connectivity index (χ2n) is 5.35. The molecule has 0 aliphatic heterocycles. The predicted molar refractivity (Wildman–Crippen MR) is 85.6 cm³/mol. The van der Waals surface area contributed by atoms with Crippen molar-refractivity contribution in [2.24, 2.45) is 0 Å². The molecule has 0 N–H and O–H groups in total. The number of thioether (sulfide) groups is 1. The summed E-state index contributed by atoms with van der Waals surface area (Å²) >= 11 is 2.07. The van der Waals surface area contributed by atoms with Crippen LogP contribution in [-0.2, 0) is 4.74 Å². The summed E-state index contributed by atoms with van der Waals surface area (Å²) in [6, 6.07) is 0. The largest absolute Gasteiger partial charge is 0.378 e. The average Bonchev–Trinajstić information content (AvgIpc) is 2.35. The van der Waals surface area contributed by atoms with Gasteiger partial charge in [-0.3, -0.25) is 0 Å². The zero-order chi connectivity index (χ0) is 13.6. The van der Waals surface area contributed by atoms with Crippen LogP contribution in [0, 0.1) is 0 Å². The topological polar surface area (TPSA) is 9.23 Å². The summed E-state index contributed by atoms with van der Waals surface area (Å²) in [5.41, 5.74) is 0. The van der Waals surface area contributed by atoms with Gasteiger partial charge >= 0.3 is 0 Å². The van der Waals surface area contributed by atoms with Crippen molar-refractivity contribution in [3.05, 3.63) is 0 Å². The molecular formula is C16H34OS. The first-order valence-electron chi connectivity index (χ1n) is 7.93. The molecule has 0 bridgehead atoms. The predicted octanol–water partition coefficient (Wildman–Crippen LogP) is 5.67. The lowest BCUT2D eigenvalue weighted by molar-refractivity contribution is 0.0703. The molecule has 0 spiro atoms. The summed E-state index contributed by atoms with van der Waals surface area (Å²) in [5, 5.41) is 0.801. The molecule has 0 aromatic heterocycles. The number of rotatable bonds is 13. The van der Waals surface area contributed by atoms with Gasteiger partial charge in [0.1, 0.15) is 0 Å². The Labute approximate surface area is 119 Å². The highest BCUT2D eigenvalue weighted by Crippen LogP contribution is 2.17. The van der Waals surface area contributed by atoms with Crippen molar-refractivity contribution in [3.8, 4) is 0 Å². The highest BCUT2D eigenvalue weighted by Gasteiger charge is 2.04.